The Hall–Kier alpha value is -0.820. The van der Waals surface area contributed by atoms with E-state index in [1.165, 1.54) is 43.2 Å². The third-order valence-corrected chi connectivity index (χ3v) is 4.31. The van der Waals surface area contributed by atoms with Crippen LogP contribution in [0.3, 0.4) is 0 Å². The molecular weight excluding hydrogens is 208 g/mol. The van der Waals surface area contributed by atoms with Crippen LogP contribution in [0, 0.1) is 0 Å². The second kappa shape index (κ2) is 4.13. The van der Waals surface area contributed by atoms with Crippen LogP contribution in [0.25, 0.3) is 0 Å². The van der Waals surface area contributed by atoms with Crippen molar-refractivity contribution in [2.24, 2.45) is 0 Å². The molecule has 1 saturated carbocycles. The van der Waals surface area contributed by atoms with E-state index in [-0.39, 0.29) is 5.60 Å². The van der Waals surface area contributed by atoms with Gasteiger partial charge < -0.3 is 4.74 Å². The summed E-state index contributed by atoms with van der Waals surface area (Å²) in [5, 5.41) is 0. The summed E-state index contributed by atoms with van der Waals surface area (Å²) in [6, 6.07) is 9.18. The molecule has 1 unspecified atom stereocenters. The van der Waals surface area contributed by atoms with E-state index < -0.39 is 0 Å². The van der Waals surface area contributed by atoms with E-state index in [2.05, 4.69) is 38.1 Å². The molecule has 0 spiro atoms. The number of ether oxygens (including phenoxy) is 1. The van der Waals surface area contributed by atoms with Gasteiger partial charge in [0.05, 0.1) is 5.60 Å². The number of hydrogen-bond acceptors (Lipinski definition) is 1. The fourth-order valence-electron chi connectivity index (χ4n) is 3.12. The van der Waals surface area contributed by atoms with Crippen molar-refractivity contribution < 1.29 is 4.74 Å². The van der Waals surface area contributed by atoms with E-state index in [1.807, 2.05) is 0 Å². The first kappa shape index (κ1) is 11.3. The third kappa shape index (κ3) is 2.26. The monoisotopic (exact) mass is 230 g/mol. The molecular formula is C16H22O. The molecule has 2 aliphatic rings. The zero-order valence-electron chi connectivity index (χ0n) is 10.9. The normalized spacial score (nSPS) is 28.0. The third-order valence-electron chi connectivity index (χ3n) is 4.31. The van der Waals surface area contributed by atoms with Gasteiger partial charge in [-0.15, -0.1) is 0 Å². The van der Waals surface area contributed by atoms with E-state index in [9.17, 15) is 0 Å². The van der Waals surface area contributed by atoms with Gasteiger partial charge in [0, 0.05) is 0 Å². The van der Waals surface area contributed by atoms with Crippen LogP contribution in [0.15, 0.2) is 24.3 Å². The van der Waals surface area contributed by atoms with E-state index in [0.29, 0.717) is 6.10 Å². The predicted molar refractivity (Wildman–Crippen MR) is 70.2 cm³/mol. The van der Waals surface area contributed by atoms with Gasteiger partial charge in [-0.05, 0) is 43.7 Å². The first-order chi connectivity index (χ1) is 8.17. The lowest BCUT2D eigenvalue weighted by atomic mass is 9.83. The lowest BCUT2D eigenvalue weighted by Gasteiger charge is -2.22. The van der Waals surface area contributed by atoms with Crippen molar-refractivity contribution in [2.45, 2.75) is 63.6 Å². The summed E-state index contributed by atoms with van der Waals surface area (Å²) < 4.78 is 5.68. The molecule has 92 valence electrons. The molecule has 17 heavy (non-hydrogen) atoms. The van der Waals surface area contributed by atoms with Gasteiger partial charge in [-0.1, -0.05) is 43.5 Å². The Balaban J connectivity index is 1.72. The topological polar surface area (TPSA) is 12.5 Å². The Labute approximate surface area is 104 Å². The molecule has 0 N–H and O–H groups in total. The van der Waals surface area contributed by atoms with E-state index in [4.69, 9.17) is 4.74 Å². The summed E-state index contributed by atoms with van der Waals surface area (Å²) in [7, 11) is 0. The second-order valence-corrected chi connectivity index (χ2v) is 6.10. The van der Waals surface area contributed by atoms with Crippen LogP contribution in [0.4, 0.5) is 0 Å². The highest BCUT2D eigenvalue weighted by molar-refractivity contribution is 5.30. The number of rotatable bonds is 2. The Kier molecular flexibility index (Phi) is 2.74. The summed E-state index contributed by atoms with van der Waals surface area (Å²) >= 11 is 0. The molecule has 0 aromatic heterocycles. The van der Waals surface area contributed by atoms with Crippen molar-refractivity contribution in [3.05, 3.63) is 35.4 Å². The number of benzene rings is 1. The summed E-state index contributed by atoms with van der Waals surface area (Å²) in [5.41, 5.74) is 2.94. The minimum atomic E-state index is 0.0619. The van der Waals surface area contributed by atoms with Gasteiger partial charge in [-0.25, -0.2) is 0 Å². The van der Waals surface area contributed by atoms with E-state index in [1.54, 1.807) is 0 Å². The lowest BCUT2D eigenvalue weighted by Crippen LogP contribution is -2.04. The average Bonchev–Trinajstić information content (AvgIpc) is 3.00. The molecule has 1 heterocycles. The molecule has 1 nitrogen and oxygen atoms in total. The molecule has 1 heteroatoms. The highest BCUT2D eigenvalue weighted by Gasteiger charge is 2.48. The van der Waals surface area contributed by atoms with E-state index >= 15 is 0 Å². The highest BCUT2D eigenvalue weighted by atomic mass is 16.6. The van der Waals surface area contributed by atoms with Crippen molar-refractivity contribution >= 4 is 0 Å². The summed E-state index contributed by atoms with van der Waals surface area (Å²) in [6.45, 7) is 4.32. The maximum atomic E-state index is 5.68. The second-order valence-electron chi connectivity index (χ2n) is 6.10. The zero-order valence-corrected chi connectivity index (χ0v) is 10.9. The SMILES string of the molecule is CC1(C)OC1c1ccc(C2CCCCC2)cc1. The van der Waals surface area contributed by atoms with Crippen molar-refractivity contribution in [3.63, 3.8) is 0 Å². The standard InChI is InChI=1S/C16H22O/c1-16(2)15(17-16)14-10-8-13(9-11-14)12-6-4-3-5-7-12/h8-12,15H,3-7H2,1-2H3. The first-order valence-electron chi connectivity index (χ1n) is 6.94. The number of epoxide rings is 1. The van der Waals surface area contributed by atoms with Crippen molar-refractivity contribution in [1.82, 2.24) is 0 Å². The summed E-state index contributed by atoms with van der Waals surface area (Å²) in [4.78, 5) is 0. The van der Waals surface area contributed by atoms with Crippen LogP contribution < -0.4 is 0 Å². The molecule has 1 aromatic carbocycles. The molecule has 1 aliphatic carbocycles. The highest BCUT2D eigenvalue weighted by Crippen LogP contribution is 2.49. The maximum Gasteiger partial charge on any atom is 0.112 e. The average molecular weight is 230 g/mol. The van der Waals surface area contributed by atoms with Gasteiger partial charge in [0.2, 0.25) is 0 Å². The summed E-state index contributed by atoms with van der Waals surface area (Å²) in [5.74, 6) is 0.811. The largest absolute Gasteiger partial charge is 0.362 e. The fraction of sp³-hybridized carbons (Fsp3) is 0.625. The van der Waals surface area contributed by atoms with Crippen LogP contribution in [-0.2, 0) is 4.74 Å². The fourth-order valence-corrected chi connectivity index (χ4v) is 3.12. The molecule has 0 amide bonds. The van der Waals surface area contributed by atoms with Crippen molar-refractivity contribution in [3.8, 4) is 0 Å². The molecule has 0 bridgehead atoms. The van der Waals surface area contributed by atoms with Gasteiger partial charge in [0.1, 0.15) is 6.10 Å². The van der Waals surface area contributed by atoms with Gasteiger partial charge in [-0.3, -0.25) is 0 Å². The Bertz CT molecular complexity index is 384. The van der Waals surface area contributed by atoms with Crippen LogP contribution >= 0.6 is 0 Å². The smallest absolute Gasteiger partial charge is 0.112 e. The van der Waals surface area contributed by atoms with Crippen LogP contribution in [-0.4, -0.2) is 5.60 Å². The molecule has 1 aromatic rings. The van der Waals surface area contributed by atoms with Gasteiger partial charge in [-0.2, -0.15) is 0 Å². The lowest BCUT2D eigenvalue weighted by molar-refractivity contribution is 0.325. The molecule has 2 fully saturated rings. The minimum absolute atomic E-state index is 0.0619. The van der Waals surface area contributed by atoms with Gasteiger partial charge in [0.25, 0.3) is 0 Å². The van der Waals surface area contributed by atoms with Gasteiger partial charge >= 0.3 is 0 Å². The number of hydrogen-bond donors (Lipinski definition) is 0. The quantitative estimate of drug-likeness (QED) is 0.677. The van der Waals surface area contributed by atoms with Crippen LogP contribution in [0.1, 0.15) is 69.1 Å². The first-order valence-corrected chi connectivity index (χ1v) is 6.94. The zero-order chi connectivity index (χ0) is 11.9. The van der Waals surface area contributed by atoms with Crippen molar-refractivity contribution in [2.75, 3.05) is 0 Å². The summed E-state index contributed by atoms with van der Waals surface area (Å²) in [6.07, 6.45) is 7.33. The minimum Gasteiger partial charge on any atom is -0.362 e. The van der Waals surface area contributed by atoms with Crippen molar-refractivity contribution in [1.29, 1.82) is 0 Å². The molecule has 0 radical (unpaired) electrons. The molecule has 3 rings (SSSR count). The van der Waals surface area contributed by atoms with Crippen LogP contribution in [0.2, 0.25) is 0 Å². The Morgan fingerprint density at radius 3 is 2.00 bits per heavy atom. The van der Waals surface area contributed by atoms with E-state index in [0.717, 1.165) is 5.92 Å². The Morgan fingerprint density at radius 1 is 0.941 bits per heavy atom. The Morgan fingerprint density at radius 2 is 1.47 bits per heavy atom. The maximum absolute atomic E-state index is 5.68. The molecule has 1 saturated heterocycles. The molecule has 1 aliphatic heterocycles. The van der Waals surface area contributed by atoms with Crippen LogP contribution in [0.5, 0.6) is 0 Å². The molecule has 1 atom stereocenters. The predicted octanol–water partition coefficient (Wildman–Crippen LogP) is 4.58. The van der Waals surface area contributed by atoms with Gasteiger partial charge in [0.15, 0.2) is 0 Å².